The highest BCUT2D eigenvalue weighted by Crippen LogP contribution is 2.08. The lowest BCUT2D eigenvalue weighted by molar-refractivity contribution is -0.139. The third-order valence-corrected chi connectivity index (χ3v) is 2.39. The van der Waals surface area contributed by atoms with Crippen molar-refractivity contribution in [3.63, 3.8) is 0 Å². The van der Waals surface area contributed by atoms with Gasteiger partial charge in [-0.05, 0) is 31.2 Å². The third kappa shape index (κ3) is 4.76. The molecule has 0 saturated heterocycles. The molecule has 0 radical (unpaired) electrons. The van der Waals surface area contributed by atoms with Gasteiger partial charge in [0.15, 0.2) is 0 Å². The number of carboxylic acid groups (broad SMARTS) is 1. The number of carbonyl (C=O) groups excluding carboxylic acids is 2. The van der Waals surface area contributed by atoms with Crippen molar-refractivity contribution < 1.29 is 19.5 Å². The van der Waals surface area contributed by atoms with E-state index in [0.29, 0.717) is 11.3 Å². The lowest BCUT2D eigenvalue weighted by Crippen LogP contribution is -2.39. The van der Waals surface area contributed by atoms with Crippen LogP contribution in [0.25, 0.3) is 0 Å². The zero-order chi connectivity index (χ0) is 14.4. The van der Waals surface area contributed by atoms with Gasteiger partial charge in [0.2, 0.25) is 11.8 Å². The fraction of sp³-hybridized carbons (Fsp3) is 0.250. The van der Waals surface area contributed by atoms with E-state index in [-0.39, 0.29) is 12.5 Å². The minimum Gasteiger partial charge on any atom is -0.480 e. The second kappa shape index (κ2) is 6.50. The third-order valence-electron chi connectivity index (χ3n) is 2.39. The molecule has 1 aromatic carbocycles. The summed E-state index contributed by atoms with van der Waals surface area (Å²) in [5.41, 5.74) is 5.93. The number of rotatable bonds is 6. The lowest BCUT2D eigenvalue weighted by atomic mass is 10.2. The molecule has 0 aliphatic carbocycles. The number of carboxylic acids is 1. The molecule has 0 heterocycles. The van der Waals surface area contributed by atoms with E-state index >= 15 is 0 Å². The molecule has 0 spiro atoms. The van der Waals surface area contributed by atoms with Crippen LogP contribution in [0.4, 0.5) is 5.69 Å². The number of nitrogens with one attached hydrogen (secondary N) is 2. The Kier molecular flexibility index (Phi) is 5.01. The summed E-state index contributed by atoms with van der Waals surface area (Å²) in [6.45, 7) is 1.32. The maximum atomic E-state index is 11.5. The van der Waals surface area contributed by atoms with Crippen LogP contribution >= 0.6 is 0 Å². The average molecular weight is 265 g/mol. The van der Waals surface area contributed by atoms with Gasteiger partial charge in [-0.2, -0.15) is 0 Å². The van der Waals surface area contributed by atoms with E-state index in [4.69, 9.17) is 10.8 Å². The van der Waals surface area contributed by atoms with Gasteiger partial charge >= 0.3 is 5.97 Å². The summed E-state index contributed by atoms with van der Waals surface area (Å²) in [6, 6.07) is 5.26. The van der Waals surface area contributed by atoms with E-state index in [1.807, 2.05) is 0 Å². The van der Waals surface area contributed by atoms with Gasteiger partial charge in [-0.15, -0.1) is 0 Å². The van der Waals surface area contributed by atoms with Crippen molar-refractivity contribution in [3.8, 4) is 0 Å². The van der Waals surface area contributed by atoms with Crippen LogP contribution in [0.1, 0.15) is 17.3 Å². The second-order valence-corrected chi connectivity index (χ2v) is 3.93. The predicted molar refractivity (Wildman–Crippen MR) is 68.7 cm³/mol. The van der Waals surface area contributed by atoms with Crippen LogP contribution in [-0.2, 0) is 9.59 Å². The number of benzene rings is 1. The summed E-state index contributed by atoms with van der Waals surface area (Å²) < 4.78 is 0. The van der Waals surface area contributed by atoms with Crippen molar-refractivity contribution in [3.05, 3.63) is 29.8 Å². The van der Waals surface area contributed by atoms with Crippen molar-refractivity contribution in [2.75, 3.05) is 11.9 Å². The van der Waals surface area contributed by atoms with Crippen molar-refractivity contribution >= 4 is 23.5 Å². The highest BCUT2D eigenvalue weighted by atomic mass is 16.4. The minimum absolute atomic E-state index is 0.120. The van der Waals surface area contributed by atoms with Crippen LogP contribution < -0.4 is 16.4 Å². The number of nitrogens with two attached hydrogens (primary N) is 1. The molecule has 0 aromatic heterocycles. The van der Waals surface area contributed by atoms with Gasteiger partial charge in [0.25, 0.3) is 0 Å². The van der Waals surface area contributed by atoms with E-state index < -0.39 is 17.9 Å². The average Bonchev–Trinajstić information content (AvgIpc) is 2.36. The predicted octanol–water partition coefficient (Wildman–Crippen LogP) is -0.213. The summed E-state index contributed by atoms with van der Waals surface area (Å²) in [7, 11) is 0. The largest absolute Gasteiger partial charge is 0.480 e. The number of anilines is 1. The number of hydrogen-bond acceptors (Lipinski definition) is 4. The van der Waals surface area contributed by atoms with Crippen molar-refractivity contribution in [1.82, 2.24) is 5.32 Å². The molecule has 7 heteroatoms. The van der Waals surface area contributed by atoms with Crippen molar-refractivity contribution in [2.24, 2.45) is 5.73 Å². The Labute approximate surface area is 109 Å². The zero-order valence-corrected chi connectivity index (χ0v) is 10.3. The first-order chi connectivity index (χ1) is 8.90. The molecular weight excluding hydrogens is 250 g/mol. The number of carbonyl (C=O) groups is 3. The first-order valence-electron chi connectivity index (χ1n) is 5.56. The van der Waals surface area contributed by atoms with E-state index in [0.717, 1.165) is 0 Å². The molecule has 1 rings (SSSR count). The number of amides is 2. The van der Waals surface area contributed by atoms with Crippen LogP contribution in [-0.4, -0.2) is 35.5 Å². The maximum absolute atomic E-state index is 11.5. The first kappa shape index (κ1) is 14.7. The molecule has 0 saturated carbocycles. The molecule has 2 amide bonds. The maximum Gasteiger partial charge on any atom is 0.320 e. The first-order valence-corrected chi connectivity index (χ1v) is 5.56. The van der Waals surface area contributed by atoms with Gasteiger partial charge in [0.1, 0.15) is 6.04 Å². The van der Waals surface area contributed by atoms with E-state index in [2.05, 4.69) is 10.6 Å². The summed E-state index contributed by atoms with van der Waals surface area (Å²) in [5.74, 6) is -1.95. The van der Waals surface area contributed by atoms with Gasteiger partial charge in [0, 0.05) is 11.3 Å². The van der Waals surface area contributed by atoms with Crippen molar-refractivity contribution in [2.45, 2.75) is 13.0 Å². The summed E-state index contributed by atoms with van der Waals surface area (Å²) in [4.78, 5) is 32.9. The van der Waals surface area contributed by atoms with Crippen LogP contribution in [0.3, 0.4) is 0 Å². The second-order valence-electron chi connectivity index (χ2n) is 3.93. The van der Waals surface area contributed by atoms with Gasteiger partial charge in [0.05, 0.1) is 6.54 Å². The Hall–Kier alpha value is -2.41. The summed E-state index contributed by atoms with van der Waals surface area (Å²) in [6.07, 6.45) is 0. The highest BCUT2D eigenvalue weighted by Gasteiger charge is 2.11. The zero-order valence-electron chi connectivity index (χ0n) is 10.3. The van der Waals surface area contributed by atoms with Crippen LogP contribution in [0.5, 0.6) is 0 Å². The molecule has 19 heavy (non-hydrogen) atoms. The fourth-order valence-electron chi connectivity index (χ4n) is 1.26. The molecule has 0 bridgehead atoms. The Morgan fingerprint density at radius 3 is 2.32 bits per heavy atom. The lowest BCUT2D eigenvalue weighted by Gasteiger charge is -2.09. The van der Waals surface area contributed by atoms with Crippen LogP contribution in [0.2, 0.25) is 0 Å². The summed E-state index contributed by atoms with van der Waals surface area (Å²) in [5, 5.41) is 13.7. The van der Waals surface area contributed by atoms with E-state index in [1.54, 1.807) is 12.1 Å². The smallest absolute Gasteiger partial charge is 0.320 e. The molecule has 1 atom stereocenters. The summed E-state index contributed by atoms with van der Waals surface area (Å²) >= 11 is 0. The highest BCUT2D eigenvalue weighted by molar-refractivity contribution is 5.95. The normalized spacial score (nSPS) is 11.6. The Morgan fingerprint density at radius 2 is 1.84 bits per heavy atom. The topological polar surface area (TPSA) is 122 Å². The van der Waals surface area contributed by atoms with Gasteiger partial charge < -0.3 is 16.2 Å². The quantitative estimate of drug-likeness (QED) is 0.567. The fourth-order valence-corrected chi connectivity index (χ4v) is 1.26. The van der Waals surface area contributed by atoms with E-state index in [1.165, 1.54) is 19.1 Å². The number of aliphatic carboxylic acids is 1. The van der Waals surface area contributed by atoms with E-state index in [9.17, 15) is 14.4 Å². The minimum atomic E-state index is -1.03. The van der Waals surface area contributed by atoms with Crippen LogP contribution in [0.15, 0.2) is 24.3 Å². The molecule has 5 N–H and O–H groups in total. The standard InChI is InChI=1S/C12H15N3O4/c1-7(12(18)19)14-6-10(16)15-9-4-2-8(3-5-9)11(13)17/h2-5,7,14H,6H2,1H3,(H2,13,17)(H,15,16)(H,18,19)/t7-/m0/s1. The molecule has 1 aromatic rings. The Balaban J connectivity index is 2.48. The molecule has 0 fully saturated rings. The molecule has 0 unspecified atom stereocenters. The number of hydrogen-bond donors (Lipinski definition) is 4. The molecule has 7 nitrogen and oxygen atoms in total. The monoisotopic (exact) mass is 265 g/mol. The Bertz CT molecular complexity index is 484. The Morgan fingerprint density at radius 1 is 1.26 bits per heavy atom. The SMILES string of the molecule is C[C@H](NCC(=O)Nc1ccc(C(N)=O)cc1)C(=O)O. The van der Waals surface area contributed by atoms with Crippen molar-refractivity contribution in [1.29, 1.82) is 0 Å². The van der Waals surface area contributed by atoms with Crippen LogP contribution in [0, 0.1) is 0 Å². The van der Waals surface area contributed by atoms with Gasteiger partial charge in [-0.25, -0.2) is 0 Å². The number of primary amides is 1. The van der Waals surface area contributed by atoms with Gasteiger partial charge in [-0.3, -0.25) is 19.7 Å². The van der Waals surface area contributed by atoms with Gasteiger partial charge in [-0.1, -0.05) is 0 Å². The molecule has 0 aliphatic rings. The molecule has 102 valence electrons. The molecule has 0 aliphatic heterocycles. The molecular formula is C12H15N3O4.